The van der Waals surface area contributed by atoms with E-state index in [-0.39, 0.29) is 5.54 Å². The van der Waals surface area contributed by atoms with Gasteiger partial charge in [-0.2, -0.15) is 0 Å². The number of nitrogens with two attached hydrogens (primary N) is 1. The standard InChI is InChI=1S/C17H27NO2/c1-5-19-14-8-7-13(11-15(14)20-6-2)17(18)10-9-16(3,4)12-17/h7-8,11H,5-6,9-10,12,18H2,1-4H3. The van der Waals surface area contributed by atoms with Crippen LogP contribution in [0.5, 0.6) is 11.5 Å². The molecule has 0 aromatic heterocycles. The van der Waals surface area contributed by atoms with Crippen LogP contribution in [0.1, 0.15) is 52.5 Å². The van der Waals surface area contributed by atoms with Gasteiger partial charge in [0, 0.05) is 5.54 Å². The largest absolute Gasteiger partial charge is 0.490 e. The predicted octanol–water partition coefficient (Wildman–Crippen LogP) is 3.85. The van der Waals surface area contributed by atoms with Crippen molar-refractivity contribution in [1.29, 1.82) is 0 Å². The Bertz CT molecular complexity index is 470. The Labute approximate surface area is 122 Å². The number of rotatable bonds is 5. The third kappa shape index (κ3) is 3.09. The molecule has 3 nitrogen and oxygen atoms in total. The number of ether oxygens (including phenoxy) is 2. The highest BCUT2D eigenvalue weighted by molar-refractivity contribution is 5.45. The molecular weight excluding hydrogens is 250 g/mol. The molecule has 2 rings (SSSR count). The van der Waals surface area contributed by atoms with Gasteiger partial charge < -0.3 is 15.2 Å². The summed E-state index contributed by atoms with van der Waals surface area (Å²) < 4.78 is 11.3. The van der Waals surface area contributed by atoms with Crippen molar-refractivity contribution < 1.29 is 9.47 Å². The molecule has 1 saturated carbocycles. The second-order valence-corrected chi connectivity index (χ2v) is 6.52. The van der Waals surface area contributed by atoms with E-state index >= 15 is 0 Å². The number of hydrogen-bond donors (Lipinski definition) is 1. The molecule has 0 aliphatic heterocycles. The van der Waals surface area contributed by atoms with Crippen LogP contribution in [0.3, 0.4) is 0 Å². The molecule has 2 N–H and O–H groups in total. The monoisotopic (exact) mass is 277 g/mol. The molecule has 1 aromatic carbocycles. The van der Waals surface area contributed by atoms with Crippen LogP contribution in [0, 0.1) is 5.41 Å². The Morgan fingerprint density at radius 2 is 1.70 bits per heavy atom. The van der Waals surface area contributed by atoms with E-state index in [0.29, 0.717) is 18.6 Å². The van der Waals surface area contributed by atoms with Crippen molar-refractivity contribution in [2.45, 2.75) is 52.5 Å². The maximum absolute atomic E-state index is 6.65. The Hall–Kier alpha value is -1.22. The number of benzene rings is 1. The second kappa shape index (κ2) is 5.65. The van der Waals surface area contributed by atoms with Crippen LogP contribution in [-0.4, -0.2) is 13.2 Å². The summed E-state index contributed by atoms with van der Waals surface area (Å²) in [6.07, 6.45) is 3.21. The molecule has 20 heavy (non-hydrogen) atoms. The molecule has 0 saturated heterocycles. The average Bonchev–Trinajstić information content (AvgIpc) is 2.67. The molecule has 0 heterocycles. The van der Waals surface area contributed by atoms with Gasteiger partial charge in [-0.3, -0.25) is 0 Å². The van der Waals surface area contributed by atoms with Gasteiger partial charge in [-0.25, -0.2) is 0 Å². The SMILES string of the molecule is CCOc1ccc(C2(N)CCC(C)(C)C2)cc1OCC. The summed E-state index contributed by atoms with van der Waals surface area (Å²) in [4.78, 5) is 0. The predicted molar refractivity (Wildman–Crippen MR) is 82.3 cm³/mol. The third-order valence-corrected chi connectivity index (χ3v) is 4.16. The first-order valence-electron chi connectivity index (χ1n) is 7.59. The van der Waals surface area contributed by atoms with E-state index in [2.05, 4.69) is 26.0 Å². The van der Waals surface area contributed by atoms with E-state index in [4.69, 9.17) is 15.2 Å². The minimum atomic E-state index is -0.236. The first-order chi connectivity index (χ1) is 9.40. The molecule has 0 spiro atoms. The van der Waals surface area contributed by atoms with Gasteiger partial charge >= 0.3 is 0 Å². The Morgan fingerprint density at radius 3 is 2.25 bits per heavy atom. The highest BCUT2D eigenvalue weighted by Gasteiger charge is 2.41. The quantitative estimate of drug-likeness (QED) is 0.889. The van der Waals surface area contributed by atoms with Gasteiger partial charge in [-0.1, -0.05) is 19.9 Å². The van der Waals surface area contributed by atoms with Crippen molar-refractivity contribution in [2.24, 2.45) is 11.1 Å². The molecule has 1 unspecified atom stereocenters. The zero-order valence-electron chi connectivity index (χ0n) is 13.2. The van der Waals surface area contributed by atoms with Crippen molar-refractivity contribution in [3.8, 4) is 11.5 Å². The van der Waals surface area contributed by atoms with Gasteiger partial charge in [0.2, 0.25) is 0 Å². The molecule has 1 aliphatic rings. The van der Waals surface area contributed by atoms with Crippen molar-refractivity contribution in [2.75, 3.05) is 13.2 Å². The fourth-order valence-corrected chi connectivity index (χ4v) is 3.20. The smallest absolute Gasteiger partial charge is 0.161 e. The lowest BCUT2D eigenvalue weighted by Crippen LogP contribution is -2.34. The van der Waals surface area contributed by atoms with E-state index in [1.807, 2.05) is 19.9 Å². The van der Waals surface area contributed by atoms with Crippen molar-refractivity contribution in [1.82, 2.24) is 0 Å². The molecule has 1 aromatic rings. The number of hydrogen-bond acceptors (Lipinski definition) is 3. The van der Waals surface area contributed by atoms with Crippen LogP contribution >= 0.6 is 0 Å². The van der Waals surface area contributed by atoms with Crippen LogP contribution in [-0.2, 0) is 5.54 Å². The van der Waals surface area contributed by atoms with Crippen LogP contribution in [0.2, 0.25) is 0 Å². The zero-order valence-corrected chi connectivity index (χ0v) is 13.2. The summed E-state index contributed by atoms with van der Waals surface area (Å²) >= 11 is 0. The van der Waals surface area contributed by atoms with Crippen LogP contribution in [0.15, 0.2) is 18.2 Å². The van der Waals surface area contributed by atoms with Crippen LogP contribution < -0.4 is 15.2 Å². The minimum Gasteiger partial charge on any atom is -0.490 e. The Kier molecular flexibility index (Phi) is 4.28. The van der Waals surface area contributed by atoms with Gasteiger partial charge in [0.25, 0.3) is 0 Å². The Balaban J connectivity index is 2.31. The summed E-state index contributed by atoms with van der Waals surface area (Å²) in [5.74, 6) is 1.61. The highest BCUT2D eigenvalue weighted by atomic mass is 16.5. The molecule has 0 bridgehead atoms. The molecule has 112 valence electrons. The topological polar surface area (TPSA) is 44.5 Å². The maximum atomic E-state index is 6.65. The van der Waals surface area contributed by atoms with E-state index in [1.54, 1.807) is 0 Å². The molecule has 0 radical (unpaired) electrons. The van der Waals surface area contributed by atoms with Crippen LogP contribution in [0.4, 0.5) is 0 Å². The first kappa shape index (κ1) is 15.2. The van der Waals surface area contributed by atoms with E-state index in [9.17, 15) is 0 Å². The summed E-state index contributed by atoms with van der Waals surface area (Å²) in [7, 11) is 0. The van der Waals surface area contributed by atoms with E-state index in [1.165, 1.54) is 6.42 Å². The van der Waals surface area contributed by atoms with Crippen molar-refractivity contribution in [3.05, 3.63) is 23.8 Å². The lowest BCUT2D eigenvalue weighted by atomic mass is 9.84. The molecular formula is C17H27NO2. The third-order valence-electron chi connectivity index (χ3n) is 4.16. The molecule has 1 atom stereocenters. The summed E-state index contributed by atoms with van der Waals surface area (Å²) in [6, 6.07) is 6.15. The molecule has 0 amide bonds. The minimum absolute atomic E-state index is 0.236. The van der Waals surface area contributed by atoms with Gasteiger partial charge in [-0.05, 0) is 56.2 Å². The molecule has 1 aliphatic carbocycles. The highest BCUT2D eigenvalue weighted by Crippen LogP contribution is 2.48. The maximum Gasteiger partial charge on any atom is 0.161 e. The normalized spacial score (nSPS) is 24.6. The van der Waals surface area contributed by atoms with E-state index in [0.717, 1.165) is 29.9 Å². The average molecular weight is 277 g/mol. The van der Waals surface area contributed by atoms with Gasteiger partial charge in [0.05, 0.1) is 13.2 Å². The van der Waals surface area contributed by atoms with Crippen LogP contribution in [0.25, 0.3) is 0 Å². The van der Waals surface area contributed by atoms with Gasteiger partial charge in [-0.15, -0.1) is 0 Å². The fraction of sp³-hybridized carbons (Fsp3) is 0.647. The first-order valence-corrected chi connectivity index (χ1v) is 7.59. The lowest BCUT2D eigenvalue weighted by Gasteiger charge is -2.28. The fourth-order valence-electron chi connectivity index (χ4n) is 3.20. The molecule has 3 heteroatoms. The van der Waals surface area contributed by atoms with E-state index < -0.39 is 0 Å². The Morgan fingerprint density at radius 1 is 1.05 bits per heavy atom. The van der Waals surface area contributed by atoms with Gasteiger partial charge in [0.1, 0.15) is 0 Å². The molecule has 1 fully saturated rings. The lowest BCUT2D eigenvalue weighted by molar-refractivity contribution is 0.285. The summed E-state index contributed by atoms with van der Waals surface area (Å²) in [5, 5.41) is 0. The summed E-state index contributed by atoms with van der Waals surface area (Å²) in [6.45, 7) is 9.82. The van der Waals surface area contributed by atoms with Gasteiger partial charge in [0.15, 0.2) is 11.5 Å². The summed E-state index contributed by atoms with van der Waals surface area (Å²) in [5.41, 5.74) is 7.89. The zero-order chi connectivity index (χ0) is 14.8. The second-order valence-electron chi connectivity index (χ2n) is 6.52. The van der Waals surface area contributed by atoms with Crippen molar-refractivity contribution in [3.63, 3.8) is 0 Å². The van der Waals surface area contributed by atoms with Crippen molar-refractivity contribution >= 4 is 0 Å².